The van der Waals surface area contributed by atoms with Crippen molar-refractivity contribution < 1.29 is 18.7 Å². The molecule has 69 heavy (non-hydrogen) atoms. The Kier molecular flexibility index (Phi) is 22.1. The Balaban J connectivity index is 0.00000100. The quantitative estimate of drug-likeness (QED) is 0.0233. The highest BCUT2D eigenvalue weighted by molar-refractivity contribution is 5.77. The first-order chi connectivity index (χ1) is 33.5. The van der Waals surface area contributed by atoms with E-state index in [0.717, 1.165) is 83.6 Å². The summed E-state index contributed by atoms with van der Waals surface area (Å²) >= 11 is 0. The van der Waals surface area contributed by atoms with Crippen LogP contribution < -0.4 is 26.0 Å². The number of esters is 1. The van der Waals surface area contributed by atoms with E-state index in [-0.39, 0.29) is 25.1 Å². The highest BCUT2D eigenvalue weighted by Gasteiger charge is 2.25. The van der Waals surface area contributed by atoms with Gasteiger partial charge in [0.1, 0.15) is 30.8 Å². The maximum atomic E-state index is 15.8. The zero-order valence-electron chi connectivity index (χ0n) is 40.8. The second kappa shape index (κ2) is 28.9. The molecule has 0 heterocycles. The lowest BCUT2D eigenvalue weighted by Crippen LogP contribution is -2.44. The maximum absolute atomic E-state index is 15.8. The molecule has 0 bridgehead atoms. The molecule has 2 unspecified atom stereocenters. The number of carbonyl (C=O) groups excluding carboxylic acids is 1. The van der Waals surface area contributed by atoms with Crippen molar-refractivity contribution in [1.29, 1.82) is 0 Å². The average Bonchev–Trinajstić information content (AvgIpc) is 3.38. The van der Waals surface area contributed by atoms with E-state index in [2.05, 4.69) is 97.0 Å². The van der Waals surface area contributed by atoms with Gasteiger partial charge in [0, 0.05) is 42.1 Å². The van der Waals surface area contributed by atoms with Crippen molar-refractivity contribution in [2.24, 2.45) is 0 Å². The average molecular weight is 927 g/mol. The third kappa shape index (κ3) is 18.5. The van der Waals surface area contributed by atoms with Gasteiger partial charge in [-0.3, -0.25) is 0 Å². The van der Waals surface area contributed by atoms with Crippen LogP contribution in [0, 0.1) is 5.82 Å². The maximum Gasteiger partial charge on any atom is 0.329 e. The standard InChI is InChI=1S/C53H61FN4O3.C8H10/c1-7-48(57-39(4)25-26-41-18-11-8-12-19-41)34-47-33-45(28-30-52(47)60-36-42-20-13-9-14-21-42)44-27-29-49(54)46(32-44)35-51(53(59)61-37-43-22-15-10-16-23-43)58-40(5)50(55-6)24-17-31-56-38(2)3;1-2-8-6-4-3-5-7-8/h7-16,18-23,27-30,32-33,48,50-51,55-58H,1-2,4-5,17,24-26,31,34-37H2,3,6H3;3-7H,2H2,1H3/t48?,50-,51?;/m0./s1. The monoisotopic (exact) mass is 927 g/mol. The molecule has 0 saturated carbocycles. The molecule has 0 saturated heterocycles. The van der Waals surface area contributed by atoms with Crippen molar-refractivity contribution in [2.75, 3.05) is 13.6 Å². The third-order valence-electron chi connectivity index (χ3n) is 11.8. The van der Waals surface area contributed by atoms with Gasteiger partial charge in [-0.05, 0) is 121 Å². The van der Waals surface area contributed by atoms with Crippen molar-refractivity contribution in [1.82, 2.24) is 21.3 Å². The van der Waals surface area contributed by atoms with Gasteiger partial charge in [0.05, 0.1) is 0 Å². The number of allylic oxidation sites excluding steroid dienone is 2. The smallest absolute Gasteiger partial charge is 0.329 e. The Bertz CT molecular complexity index is 2510. The van der Waals surface area contributed by atoms with E-state index in [4.69, 9.17) is 9.47 Å². The van der Waals surface area contributed by atoms with Crippen LogP contribution in [0.25, 0.3) is 11.1 Å². The summed E-state index contributed by atoms with van der Waals surface area (Å²) in [6.45, 7) is 22.0. The first-order valence-corrected chi connectivity index (χ1v) is 24.0. The van der Waals surface area contributed by atoms with Gasteiger partial charge < -0.3 is 30.7 Å². The molecule has 0 aliphatic carbocycles. The Hall–Kier alpha value is -7.16. The highest BCUT2D eigenvalue weighted by Crippen LogP contribution is 2.31. The first-order valence-electron chi connectivity index (χ1n) is 24.0. The Morgan fingerprint density at radius 3 is 1.81 bits per heavy atom. The van der Waals surface area contributed by atoms with Gasteiger partial charge in [0.15, 0.2) is 0 Å². The number of hydrogen-bond donors (Lipinski definition) is 4. The van der Waals surface area contributed by atoms with Gasteiger partial charge >= 0.3 is 5.97 Å². The molecule has 0 fully saturated rings. The molecule has 0 aromatic heterocycles. The number of likely N-dealkylation sites (N-methyl/N-ethyl adjacent to an activating group) is 1. The molecule has 0 amide bonds. The summed E-state index contributed by atoms with van der Waals surface area (Å²) in [4.78, 5) is 13.8. The number of aryl methyl sites for hydroxylation is 2. The van der Waals surface area contributed by atoms with Crippen molar-refractivity contribution >= 4 is 5.97 Å². The fourth-order valence-corrected chi connectivity index (χ4v) is 7.79. The molecule has 360 valence electrons. The van der Waals surface area contributed by atoms with Crippen LogP contribution in [0.2, 0.25) is 0 Å². The van der Waals surface area contributed by atoms with Crippen LogP contribution in [-0.4, -0.2) is 37.7 Å². The summed E-state index contributed by atoms with van der Waals surface area (Å²) in [6, 6.07) is 50.3. The molecule has 0 aliphatic rings. The van der Waals surface area contributed by atoms with Crippen molar-refractivity contribution in [3.8, 4) is 16.9 Å². The molecule has 3 atom stereocenters. The van der Waals surface area contributed by atoms with Gasteiger partial charge in [-0.1, -0.05) is 166 Å². The van der Waals surface area contributed by atoms with Crippen LogP contribution >= 0.6 is 0 Å². The summed E-state index contributed by atoms with van der Waals surface area (Å²) in [5.74, 6) is -0.165. The molecule has 6 rings (SSSR count). The second-order valence-electron chi connectivity index (χ2n) is 17.2. The van der Waals surface area contributed by atoms with Crippen molar-refractivity contribution in [2.45, 2.75) is 90.1 Å². The van der Waals surface area contributed by atoms with Gasteiger partial charge in [-0.2, -0.15) is 0 Å². The molecule has 7 nitrogen and oxygen atoms in total. The van der Waals surface area contributed by atoms with E-state index in [1.165, 1.54) is 17.2 Å². The molecule has 0 radical (unpaired) electrons. The van der Waals surface area contributed by atoms with E-state index >= 15 is 4.39 Å². The molecule has 6 aromatic rings. The van der Waals surface area contributed by atoms with Crippen molar-refractivity contribution in [3.05, 3.63) is 246 Å². The predicted octanol–water partition coefficient (Wildman–Crippen LogP) is 12.4. The van der Waals surface area contributed by atoms with Crippen molar-refractivity contribution in [3.63, 3.8) is 0 Å². The van der Waals surface area contributed by atoms with E-state index < -0.39 is 17.8 Å². The summed E-state index contributed by atoms with van der Waals surface area (Å²) in [7, 11) is 1.86. The Labute approximate surface area is 411 Å². The van der Waals surface area contributed by atoms with E-state index in [1.54, 1.807) is 6.07 Å². The molecule has 0 aliphatic heterocycles. The third-order valence-corrected chi connectivity index (χ3v) is 11.8. The molecule has 6 aromatic carbocycles. The minimum atomic E-state index is -0.899. The number of carbonyl (C=O) groups is 1. The Morgan fingerprint density at radius 1 is 0.681 bits per heavy atom. The largest absolute Gasteiger partial charge is 0.489 e. The summed E-state index contributed by atoms with van der Waals surface area (Å²) in [6.07, 6.45) is 6.93. The van der Waals surface area contributed by atoms with E-state index in [9.17, 15) is 4.79 Å². The summed E-state index contributed by atoms with van der Waals surface area (Å²) < 4.78 is 28.1. The normalized spacial score (nSPS) is 11.9. The Morgan fingerprint density at radius 2 is 1.25 bits per heavy atom. The van der Waals surface area contributed by atoms with Gasteiger partial charge in [-0.25, -0.2) is 9.18 Å². The number of benzene rings is 6. The van der Waals surface area contributed by atoms with E-state index in [1.807, 2.05) is 123 Å². The van der Waals surface area contributed by atoms with Gasteiger partial charge in [0.25, 0.3) is 0 Å². The van der Waals surface area contributed by atoms with Crippen LogP contribution in [0.1, 0.15) is 66.5 Å². The minimum absolute atomic E-state index is 0.0403. The zero-order valence-corrected chi connectivity index (χ0v) is 40.8. The zero-order chi connectivity index (χ0) is 49.2. The second-order valence-corrected chi connectivity index (χ2v) is 17.2. The number of halogens is 1. The van der Waals surface area contributed by atoms with Crippen LogP contribution in [0.15, 0.2) is 207 Å². The molecular weight excluding hydrogens is 856 g/mol. The molecule has 4 N–H and O–H groups in total. The number of nitrogens with one attached hydrogen (secondary N) is 4. The number of rotatable bonds is 27. The lowest BCUT2D eigenvalue weighted by atomic mass is 9.95. The molecular formula is C61H71FN4O3. The van der Waals surface area contributed by atoms with Crippen LogP contribution in [0.5, 0.6) is 5.75 Å². The number of ether oxygens (including phenoxy) is 2. The molecule has 0 spiro atoms. The topological polar surface area (TPSA) is 83.7 Å². The minimum Gasteiger partial charge on any atom is -0.489 e. The lowest BCUT2D eigenvalue weighted by Gasteiger charge is -2.26. The fraction of sp³-hybridized carbons (Fsp3) is 0.262. The fourth-order valence-electron chi connectivity index (χ4n) is 7.79. The van der Waals surface area contributed by atoms with Crippen LogP contribution in [0.4, 0.5) is 4.39 Å². The highest BCUT2D eigenvalue weighted by atomic mass is 19.1. The van der Waals surface area contributed by atoms with Gasteiger partial charge in [0.2, 0.25) is 0 Å². The summed E-state index contributed by atoms with van der Waals surface area (Å²) in [5.41, 5.74) is 10.1. The lowest BCUT2D eigenvalue weighted by molar-refractivity contribution is -0.147. The van der Waals surface area contributed by atoms with Crippen LogP contribution in [0.3, 0.4) is 0 Å². The predicted molar refractivity (Wildman–Crippen MR) is 284 cm³/mol. The van der Waals surface area contributed by atoms with E-state index in [0.29, 0.717) is 24.3 Å². The van der Waals surface area contributed by atoms with Gasteiger partial charge in [-0.15, -0.1) is 6.58 Å². The van der Waals surface area contributed by atoms with Crippen LogP contribution in [-0.2, 0) is 48.4 Å². The summed E-state index contributed by atoms with van der Waals surface area (Å²) in [5, 5.41) is 13.5. The SMILES string of the molecule is C=CC(Cc1cc(-c2ccc(F)c(CC(NC(=C)[C@H](CCCNC(=C)C)NC)C(=O)OCc3ccccc3)c2)ccc1OCc1ccccc1)NC(=C)CCc1ccccc1.CCc1ccccc1. The molecule has 8 heteroatoms. The number of hydrogen-bond acceptors (Lipinski definition) is 7. The first kappa shape index (κ1) is 52.8.